The van der Waals surface area contributed by atoms with E-state index in [0.717, 1.165) is 4.68 Å². The average Bonchev–Trinajstić information content (AvgIpc) is 2.94. The van der Waals surface area contributed by atoms with Crippen molar-refractivity contribution >= 4 is 51.4 Å². The van der Waals surface area contributed by atoms with Crippen LogP contribution in [0.5, 0.6) is 0 Å². The third-order valence-electron chi connectivity index (χ3n) is 3.74. The predicted molar refractivity (Wildman–Crippen MR) is 97.3 cm³/mol. The van der Waals surface area contributed by atoms with E-state index in [-0.39, 0.29) is 5.52 Å². The van der Waals surface area contributed by atoms with Gasteiger partial charge in [-0.15, -0.1) is 0 Å². The molecular formula is C17H9Cl2FN4O. The Morgan fingerprint density at radius 1 is 1.20 bits per heavy atom. The minimum absolute atomic E-state index is 0.252. The molecular weight excluding hydrogens is 366 g/mol. The van der Waals surface area contributed by atoms with Gasteiger partial charge in [-0.05, 0) is 30.3 Å². The smallest absolute Gasteiger partial charge is 0.298 e. The standard InChI is InChI=1S/C17H9Cl2FN4O/c18-10-2-1-9(13(19)5-10)7-22-24-8-21-15-12-6-11(20)3-4-14(12)23-16(15)17(24)25/h1-8,23H/b22-7-. The third-order valence-corrected chi connectivity index (χ3v) is 4.30. The number of halogens is 3. The molecule has 0 amide bonds. The maximum absolute atomic E-state index is 13.4. The number of nitrogens with zero attached hydrogens (tertiary/aromatic N) is 3. The van der Waals surface area contributed by atoms with Gasteiger partial charge in [-0.2, -0.15) is 9.78 Å². The van der Waals surface area contributed by atoms with Gasteiger partial charge in [-0.3, -0.25) is 4.79 Å². The molecule has 8 heteroatoms. The van der Waals surface area contributed by atoms with Crippen molar-refractivity contribution in [1.29, 1.82) is 0 Å². The molecule has 0 aliphatic carbocycles. The van der Waals surface area contributed by atoms with Crippen molar-refractivity contribution < 1.29 is 4.39 Å². The maximum Gasteiger partial charge on any atom is 0.298 e. The van der Waals surface area contributed by atoms with E-state index in [4.69, 9.17) is 23.2 Å². The van der Waals surface area contributed by atoms with E-state index in [1.54, 1.807) is 24.3 Å². The molecule has 2 heterocycles. The summed E-state index contributed by atoms with van der Waals surface area (Å²) < 4.78 is 14.5. The zero-order chi connectivity index (χ0) is 17.6. The molecule has 124 valence electrons. The van der Waals surface area contributed by atoms with E-state index in [9.17, 15) is 9.18 Å². The summed E-state index contributed by atoms with van der Waals surface area (Å²) in [6.45, 7) is 0. The highest BCUT2D eigenvalue weighted by Gasteiger charge is 2.11. The second-order valence-electron chi connectivity index (χ2n) is 5.34. The Morgan fingerprint density at radius 3 is 2.84 bits per heavy atom. The molecule has 0 spiro atoms. The van der Waals surface area contributed by atoms with E-state index < -0.39 is 11.4 Å². The lowest BCUT2D eigenvalue weighted by molar-refractivity contribution is 0.630. The quantitative estimate of drug-likeness (QED) is 0.534. The van der Waals surface area contributed by atoms with Crippen molar-refractivity contribution in [3.8, 4) is 0 Å². The van der Waals surface area contributed by atoms with Gasteiger partial charge in [0.05, 0.1) is 11.2 Å². The number of nitrogens with one attached hydrogen (secondary N) is 1. The molecule has 0 aliphatic heterocycles. The van der Waals surface area contributed by atoms with Gasteiger partial charge >= 0.3 is 0 Å². The summed E-state index contributed by atoms with van der Waals surface area (Å²) in [7, 11) is 0. The summed E-state index contributed by atoms with van der Waals surface area (Å²) in [6.07, 6.45) is 2.72. The first-order valence-corrected chi connectivity index (χ1v) is 7.96. The van der Waals surface area contributed by atoms with E-state index in [2.05, 4.69) is 15.1 Å². The summed E-state index contributed by atoms with van der Waals surface area (Å²) in [5.74, 6) is -0.394. The van der Waals surface area contributed by atoms with E-state index >= 15 is 0 Å². The SMILES string of the molecule is O=c1c2[nH]c3ccc(F)cc3c2ncn1/N=C\c1ccc(Cl)cc1Cl. The molecule has 0 saturated heterocycles. The second-order valence-corrected chi connectivity index (χ2v) is 6.19. The lowest BCUT2D eigenvalue weighted by Gasteiger charge is -2.00. The molecule has 2 aromatic carbocycles. The lowest BCUT2D eigenvalue weighted by atomic mass is 10.2. The van der Waals surface area contributed by atoms with Crippen LogP contribution in [0.4, 0.5) is 4.39 Å². The molecule has 4 rings (SSSR count). The van der Waals surface area contributed by atoms with Gasteiger partial charge in [-0.1, -0.05) is 29.3 Å². The van der Waals surface area contributed by atoms with E-state index in [1.165, 1.54) is 24.7 Å². The van der Waals surface area contributed by atoms with Crippen LogP contribution in [-0.4, -0.2) is 20.9 Å². The number of aromatic amines is 1. The Morgan fingerprint density at radius 2 is 2.04 bits per heavy atom. The first kappa shape index (κ1) is 15.8. The number of benzene rings is 2. The highest BCUT2D eigenvalue weighted by atomic mass is 35.5. The Labute approximate surface area is 150 Å². The largest absolute Gasteiger partial charge is 0.349 e. The van der Waals surface area contributed by atoms with Crippen LogP contribution in [-0.2, 0) is 0 Å². The Hall–Kier alpha value is -2.70. The predicted octanol–water partition coefficient (Wildman–Crippen LogP) is 4.21. The molecule has 0 atom stereocenters. The fraction of sp³-hybridized carbons (Fsp3) is 0. The van der Waals surface area contributed by atoms with Crippen molar-refractivity contribution in [2.24, 2.45) is 5.10 Å². The highest BCUT2D eigenvalue weighted by molar-refractivity contribution is 6.36. The Bertz CT molecular complexity index is 1210. The van der Waals surface area contributed by atoms with E-state index in [0.29, 0.717) is 32.0 Å². The van der Waals surface area contributed by atoms with Gasteiger partial charge < -0.3 is 4.98 Å². The minimum Gasteiger partial charge on any atom is -0.349 e. The first-order chi connectivity index (χ1) is 12.0. The number of fused-ring (bicyclic) bond motifs is 3. The summed E-state index contributed by atoms with van der Waals surface area (Å²) >= 11 is 11.9. The van der Waals surface area contributed by atoms with Crippen molar-refractivity contribution in [2.45, 2.75) is 0 Å². The van der Waals surface area contributed by atoms with Gasteiger partial charge in [0.15, 0.2) is 0 Å². The van der Waals surface area contributed by atoms with Crippen LogP contribution in [0.25, 0.3) is 21.9 Å². The molecule has 0 bridgehead atoms. The van der Waals surface area contributed by atoms with Gasteiger partial charge in [0.25, 0.3) is 5.56 Å². The zero-order valence-corrected chi connectivity index (χ0v) is 14.0. The molecule has 0 radical (unpaired) electrons. The van der Waals surface area contributed by atoms with Crippen LogP contribution in [0.3, 0.4) is 0 Å². The summed E-state index contributed by atoms with van der Waals surface area (Å²) in [5, 5.41) is 5.57. The maximum atomic E-state index is 13.4. The molecule has 0 saturated carbocycles. The molecule has 5 nitrogen and oxygen atoms in total. The van der Waals surface area contributed by atoms with Crippen LogP contribution in [0, 0.1) is 5.82 Å². The van der Waals surface area contributed by atoms with Gasteiger partial charge in [0.1, 0.15) is 23.2 Å². The molecule has 25 heavy (non-hydrogen) atoms. The Balaban J connectivity index is 1.83. The van der Waals surface area contributed by atoms with Gasteiger partial charge in [-0.25, -0.2) is 9.37 Å². The van der Waals surface area contributed by atoms with Crippen LogP contribution < -0.4 is 5.56 Å². The molecule has 4 aromatic rings. The normalized spacial score (nSPS) is 11.8. The second kappa shape index (κ2) is 5.98. The summed E-state index contributed by atoms with van der Waals surface area (Å²) in [6, 6.07) is 9.16. The molecule has 1 N–H and O–H groups in total. The topological polar surface area (TPSA) is 63.0 Å². The highest BCUT2D eigenvalue weighted by Crippen LogP contribution is 2.22. The summed E-state index contributed by atoms with van der Waals surface area (Å²) in [4.78, 5) is 19.7. The zero-order valence-electron chi connectivity index (χ0n) is 12.5. The molecule has 0 aliphatic rings. The van der Waals surface area contributed by atoms with Crippen molar-refractivity contribution in [3.05, 3.63) is 74.5 Å². The third kappa shape index (κ3) is 2.79. The first-order valence-electron chi connectivity index (χ1n) is 7.21. The molecule has 0 fully saturated rings. The van der Waals surface area contributed by atoms with Crippen LogP contribution in [0.1, 0.15) is 5.56 Å². The van der Waals surface area contributed by atoms with Crippen molar-refractivity contribution in [2.75, 3.05) is 0 Å². The van der Waals surface area contributed by atoms with Crippen molar-refractivity contribution in [3.63, 3.8) is 0 Å². The van der Waals surface area contributed by atoms with Crippen LogP contribution >= 0.6 is 23.2 Å². The lowest BCUT2D eigenvalue weighted by Crippen LogP contribution is -2.17. The number of rotatable bonds is 2. The van der Waals surface area contributed by atoms with Crippen LogP contribution in [0.15, 0.2) is 52.6 Å². The Kier molecular flexibility index (Phi) is 3.78. The van der Waals surface area contributed by atoms with Gasteiger partial charge in [0, 0.05) is 21.5 Å². The molecule has 2 aromatic heterocycles. The fourth-order valence-electron chi connectivity index (χ4n) is 2.53. The minimum atomic E-state index is -0.400. The van der Waals surface area contributed by atoms with Gasteiger partial charge in [0.2, 0.25) is 0 Å². The number of hydrogen-bond donors (Lipinski definition) is 1. The fourth-order valence-corrected chi connectivity index (χ4v) is 2.99. The summed E-state index contributed by atoms with van der Waals surface area (Å²) in [5.41, 5.74) is 1.49. The monoisotopic (exact) mass is 374 g/mol. The average molecular weight is 375 g/mol. The van der Waals surface area contributed by atoms with E-state index in [1.807, 2.05) is 0 Å². The van der Waals surface area contributed by atoms with Crippen LogP contribution in [0.2, 0.25) is 10.0 Å². The number of hydrogen-bond acceptors (Lipinski definition) is 3. The number of aromatic nitrogens is 3. The van der Waals surface area contributed by atoms with Crippen molar-refractivity contribution in [1.82, 2.24) is 14.6 Å². The molecule has 0 unspecified atom stereocenters. The number of H-pyrrole nitrogens is 1.